The summed E-state index contributed by atoms with van der Waals surface area (Å²) in [6.07, 6.45) is 0.729. The second kappa shape index (κ2) is 3.53. The lowest BCUT2D eigenvalue weighted by molar-refractivity contribution is 0.224. The molecule has 0 aliphatic carbocycles. The van der Waals surface area contributed by atoms with Gasteiger partial charge in [0, 0.05) is 26.3 Å². The first kappa shape index (κ1) is 9.96. The van der Waals surface area contributed by atoms with E-state index in [1.165, 1.54) is 17.0 Å². The van der Waals surface area contributed by atoms with E-state index in [1.807, 2.05) is 0 Å². The number of amides is 2. The van der Waals surface area contributed by atoms with Gasteiger partial charge in [-0.05, 0) is 30.2 Å². The minimum Gasteiger partial charge on any atom is -0.330 e. The summed E-state index contributed by atoms with van der Waals surface area (Å²) in [5, 5.41) is 0. The predicted octanol–water partition coefficient (Wildman–Crippen LogP) is 1.87. The zero-order valence-electron chi connectivity index (χ0n) is 8.83. The summed E-state index contributed by atoms with van der Waals surface area (Å²) in [5.74, 6) is -0.243. The van der Waals surface area contributed by atoms with Crippen LogP contribution >= 0.6 is 0 Å². The minimum absolute atomic E-state index is 0.0552. The van der Waals surface area contributed by atoms with E-state index >= 15 is 0 Å². The first-order chi connectivity index (χ1) is 7.09. The second-order valence-electron chi connectivity index (χ2n) is 3.85. The van der Waals surface area contributed by atoms with Crippen molar-refractivity contribution in [2.45, 2.75) is 6.42 Å². The lowest BCUT2D eigenvalue weighted by Gasteiger charge is -2.21. The summed E-state index contributed by atoms with van der Waals surface area (Å²) >= 11 is 0. The Bertz CT molecular complexity index is 404. The van der Waals surface area contributed by atoms with Gasteiger partial charge >= 0.3 is 6.03 Å². The average Bonchev–Trinajstić information content (AvgIpc) is 2.59. The summed E-state index contributed by atoms with van der Waals surface area (Å²) in [4.78, 5) is 15.0. The molecule has 1 aromatic rings. The van der Waals surface area contributed by atoms with Crippen molar-refractivity contribution < 1.29 is 9.18 Å². The van der Waals surface area contributed by atoms with Crippen LogP contribution in [0.5, 0.6) is 0 Å². The van der Waals surface area contributed by atoms with Gasteiger partial charge in [0.15, 0.2) is 0 Å². The van der Waals surface area contributed by atoms with Crippen LogP contribution < -0.4 is 4.90 Å². The van der Waals surface area contributed by atoms with Crippen LogP contribution in [-0.4, -0.2) is 31.6 Å². The third kappa shape index (κ3) is 1.67. The molecule has 0 unspecified atom stereocenters. The van der Waals surface area contributed by atoms with Gasteiger partial charge in [-0.25, -0.2) is 9.18 Å². The first-order valence-corrected chi connectivity index (χ1v) is 4.87. The highest BCUT2D eigenvalue weighted by Crippen LogP contribution is 2.28. The Morgan fingerprint density at radius 1 is 1.47 bits per heavy atom. The molecule has 0 saturated heterocycles. The van der Waals surface area contributed by atoms with Gasteiger partial charge in [-0.3, -0.25) is 4.90 Å². The molecule has 0 fully saturated rings. The molecule has 80 valence electrons. The molecule has 1 aliphatic rings. The van der Waals surface area contributed by atoms with Gasteiger partial charge in [0.25, 0.3) is 0 Å². The Labute approximate surface area is 88.1 Å². The van der Waals surface area contributed by atoms with Crippen LogP contribution in [0, 0.1) is 5.82 Å². The Morgan fingerprint density at radius 2 is 2.20 bits per heavy atom. The van der Waals surface area contributed by atoms with Gasteiger partial charge in [0.05, 0.1) is 0 Å². The highest BCUT2D eigenvalue weighted by Gasteiger charge is 2.25. The van der Waals surface area contributed by atoms with Crippen LogP contribution in [-0.2, 0) is 6.42 Å². The van der Waals surface area contributed by atoms with Crippen molar-refractivity contribution in [2.75, 3.05) is 25.5 Å². The number of anilines is 1. The molecule has 0 atom stereocenters. The molecule has 0 radical (unpaired) electrons. The molecular formula is C11H13FN2O. The fraction of sp³-hybridized carbons (Fsp3) is 0.364. The highest BCUT2D eigenvalue weighted by atomic mass is 19.1. The van der Waals surface area contributed by atoms with E-state index in [0.717, 1.165) is 17.7 Å². The summed E-state index contributed by atoms with van der Waals surface area (Å²) in [7, 11) is 3.42. The molecule has 0 spiro atoms. The fourth-order valence-electron chi connectivity index (χ4n) is 1.81. The van der Waals surface area contributed by atoms with Crippen LogP contribution in [0.25, 0.3) is 0 Å². The monoisotopic (exact) mass is 208 g/mol. The Balaban J connectivity index is 2.33. The topological polar surface area (TPSA) is 23.6 Å². The maximum Gasteiger partial charge on any atom is 0.323 e. The summed E-state index contributed by atoms with van der Waals surface area (Å²) in [5.41, 5.74) is 1.74. The second-order valence-corrected chi connectivity index (χ2v) is 3.85. The molecule has 0 N–H and O–H groups in total. The van der Waals surface area contributed by atoms with Crippen LogP contribution in [0.3, 0.4) is 0 Å². The van der Waals surface area contributed by atoms with E-state index in [1.54, 1.807) is 25.1 Å². The largest absolute Gasteiger partial charge is 0.330 e. The minimum atomic E-state index is -0.243. The molecule has 1 heterocycles. The molecule has 0 aromatic heterocycles. The molecule has 2 amide bonds. The van der Waals surface area contributed by atoms with Crippen LogP contribution in [0.2, 0.25) is 0 Å². The smallest absolute Gasteiger partial charge is 0.323 e. The van der Waals surface area contributed by atoms with Crippen molar-refractivity contribution >= 4 is 11.7 Å². The normalized spacial score (nSPS) is 13.9. The number of fused-ring (bicyclic) bond motifs is 1. The lowest BCUT2D eigenvalue weighted by Crippen LogP contribution is -2.38. The van der Waals surface area contributed by atoms with Gasteiger partial charge in [-0.1, -0.05) is 0 Å². The number of carbonyl (C=O) groups excluding carboxylic acids is 1. The van der Waals surface area contributed by atoms with Gasteiger partial charge in [-0.2, -0.15) is 0 Å². The fourth-order valence-corrected chi connectivity index (χ4v) is 1.81. The maximum absolute atomic E-state index is 12.9. The number of hydrogen-bond donors (Lipinski definition) is 0. The van der Waals surface area contributed by atoms with Gasteiger partial charge in [-0.15, -0.1) is 0 Å². The van der Waals surface area contributed by atoms with Crippen molar-refractivity contribution in [2.24, 2.45) is 0 Å². The van der Waals surface area contributed by atoms with E-state index in [9.17, 15) is 9.18 Å². The van der Waals surface area contributed by atoms with Crippen molar-refractivity contribution in [3.05, 3.63) is 29.6 Å². The number of benzene rings is 1. The molecule has 1 aliphatic heterocycles. The van der Waals surface area contributed by atoms with Crippen molar-refractivity contribution in [3.8, 4) is 0 Å². The molecular weight excluding hydrogens is 195 g/mol. The van der Waals surface area contributed by atoms with Crippen LogP contribution in [0.1, 0.15) is 5.56 Å². The number of urea groups is 1. The highest BCUT2D eigenvalue weighted by molar-refractivity contribution is 5.93. The SMILES string of the molecule is CN(C)C(=O)N1CCc2cc(F)ccc21. The molecule has 0 saturated carbocycles. The van der Waals surface area contributed by atoms with Crippen LogP contribution in [0.15, 0.2) is 18.2 Å². The van der Waals surface area contributed by atoms with Crippen molar-refractivity contribution in [1.82, 2.24) is 4.90 Å². The molecule has 0 bridgehead atoms. The Hall–Kier alpha value is -1.58. The standard InChI is InChI=1S/C11H13FN2O/c1-13(2)11(15)14-6-5-8-7-9(12)3-4-10(8)14/h3-4,7H,5-6H2,1-2H3. The van der Waals surface area contributed by atoms with E-state index < -0.39 is 0 Å². The number of hydrogen-bond acceptors (Lipinski definition) is 1. The van der Waals surface area contributed by atoms with E-state index in [0.29, 0.717) is 6.54 Å². The van der Waals surface area contributed by atoms with E-state index in [-0.39, 0.29) is 11.8 Å². The maximum atomic E-state index is 12.9. The third-order valence-corrected chi connectivity index (χ3v) is 2.55. The molecule has 4 heteroatoms. The zero-order chi connectivity index (χ0) is 11.0. The predicted molar refractivity (Wildman–Crippen MR) is 56.5 cm³/mol. The van der Waals surface area contributed by atoms with E-state index in [2.05, 4.69) is 0 Å². The molecule has 1 aromatic carbocycles. The number of rotatable bonds is 0. The Morgan fingerprint density at radius 3 is 2.87 bits per heavy atom. The zero-order valence-corrected chi connectivity index (χ0v) is 8.83. The molecule has 2 rings (SSSR count). The molecule has 3 nitrogen and oxygen atoms in total. The van der Waals surface area contributed by atoms with Crippen molar-refractivity contribution in [1.29, 1.82) is 0 Å². The summed E-state index contributed by atoms with van der Waals surface area (Å²) < 4.78 is 12.9. The first-order valence-electron chi connectivity index (χ1n) is 4.87. The van der Waals surface area contributed by atoms with Crippen molar-refractivity contribution in [3.63, 3.8) is 0 Å². The number of nitrogens with zero attached hydrogens (tertiary/aromatic N) is 2. The van der Waals surface area contributed by atoms with E-state index in [4.69, 9.17) is 0 Å². The lowest BCUT2D eigenvalue weighted by atomic mass is 10.2. The summed E-state index contributed by atoms with van der Waals surface area (Å²) in [6, 6.07) is 4.50. The number of halogens is 1. The van der Waals surface area contributed by atoms with Gasteiger partial charge in [0.2, 0.25) is 0 Å². The molecule has 15 heavy (non-hydrogen) atoms. The summed E-state index contributed by atoms with van der Waals surface area (Å²) in [6.45, 7) is 0.635. The quantitative estimate of drug-likeness (QED) is 0.638. The van der Waals surface area contributed by atoms with Crippen LogP contribution in [0.4, 0.5) is 14.9 Å². The van der Waals surface area contributed by atoms with Gasteiger partial charge in [0.1, 0.15) is 5.82 Å². The number of carbonyl (C=O) groups is 1. The van der Waals surface area contributed by atoms with Gasteiger partial charge < -0.3 is 4.90 Å². The third-order valence-electron chi connectivity index (χ3n) is 2.55. The average molecular weight is 208 g/mol. The Kier molecular flexibility index (Phi) is 2.34.